The van der Waals surface area contributed by atoms with Gasteiger partial charge in [0.1, 0.15) is 18.1 Å². The molecule has 0 aromatic heterocycles. The summed E-state index contributed by atoms with van der Waals surface area (Å²) < 4.78 is 0. The van der Waals surface area contributed by atoms with Gasteiger partial charge in [-0.3, -0.25) is 28.8 Å². The van der Waals surface area contributed by atoms with Crippen molar-refractivity contribution in [3.8, 4) is 0 Å². The van der Waals surface area contributed by atoms with Crippen LogP contribution in [0.1, 0.15) is 149 Å². The fourth-order valence-corrected chi connectivity index (χ4v) is 6.32. The van der Waals surface area contributed by atoms with Crippen molar-refractivity contribution < 1.29 is 44.1 Å². The molecule has 14 heteroatoms. The van der Waals surface area contributed by atoms with Crippen LogP contribution in [-0.4, -0.2) is 81.3 Å². The maximum Gasteiger partial charge on any atom is 0.305 e. The second-order valence-electron chi connectivity index (χ2n) is 13.6. The van der Waals surface area contributed by atoms with Crippen molar-refractivity contribution in [2.75, 3.05) is 0 Å². The van der Waals surface area contributed by atoms with E-state index in [9.17, 15) is 44.1 Å². The van der Waals surface area contributed by atoms with Gasteiger partial charge in [-0.2, -0.15) is 0 Å². The van der Waals surface area contributed by atoms with E-state index in [1.807, 2.05) is 0 Å². The van der Waals surface area contributed by atoms with Crippen molar-refractivity contribution in [3.05, 3.63) is 0 Å². The van der Waals surface area contributed by atoms with Crippen LogP contribution in [0.2, 0.25) is 0 Å². The van der Waals surface area contributed by atoms with E-state index in [0.717, 1.165) is 57.8 Å². The molecule has 1 saturated carbocycles. The summed E-state index contributed by atoms with van der Waals surface area (Å²) in [6.07, 6.45) is 14.3. The van der Waals surface area contributed by atoms with Crippen LogP contribution < -0.4 is 27.0 Å². The summed E-state index contributed by atoms with van der Waals surface area (Å²) in [7, 11) is 0. The Hall–Kier alpha value is -3.26. The minimum atomic E-state index is -1.89. The molecule has 0 spiro atoms. The summed E-state index contributed by atoms with van der Waals surface area (Å²) in [6.45, 7) is 3.40. The average molecular weight is 698 g/mol. The lowest BCUT2D eigenvalue weighted by atomic mass is 9.84. The van der Waals surface area contributed by atoms with Gasteiger partial charge in [-0.1, -0.05) is 110 Å². The number of nitrogens with one attached hydrogen (secondary N) is 4. The lowest BCUT2D eigenvalue weighted by molar-refractivity contribution is -0.142. The van der Waals surface area contributed by atoms with Gasteiger partial charge in [-0.15, -0.1) is 0 Å². The zero-order valence-electron chi connectivity index (χ0n) is 29.7. The minimum absolute atomic E-state index is 0.0843. The number of nitrogens with two attached hydrogens (primary N) is 1. The van der Waals surface area contributed by atoms with Crippen LogP contribution in [-0.2, 0) is 28.8 Å². The summed E-state index contributed by atoms with van der Waals surface area (Å²) in [5.41, 5.74) is 5.23. The molecule has 14 nitrogen and oxygen atoms in total. The molecule has 0 bridgehead atoms. The first kappa shape index (κ1) is 43.8. The van der Waals surface area contributed by atoms with Gasteiger partial charge in [0, 0.05) is 13.3 Å². The molecule has 0 aliphatic heterocycles. The first-order chi connectivity index (χ1) is 23.3. The molecule has 282 valence electrons. The van der Waals surface area contributed by atoms with E-state index < -0.39 is 72.4 Å². The van der Waals surface area contributed by atoms with Crippen molar-refractivity contribution in [2.24, 2.45) is 11.7 Å². The fourth-order valence-electron chi connectivity index (χ4n) is 6.32. The number of carbonyl (C=O) groups is 6. The number of rotatable bonds is 27. The number of aliphatic hydroxyl groups excluding tert-OH is 1. The quantitative estimate of drug-likeness (QED) is 0.0465. The molecular formula is C35H63N5O9. The smallest absolute Gasteiger partial charge is 0.305 e. The van der Waals surface area contributed by atoms with Gasteiger partial charge < -0.3 is 42.3 Å². The SMILES string of the molecule is CCCCCCCCCCCCCC(NC(=O)[C@H](CC(=O)O)NC(=O)C(CC1CCCCC1)NC(=O)[C@H](CCC(N)=O)NC(C)=O)C(O)O. The highest BCUT2D eigenvalue weighted by molar-refractivity contribution is 5.95. The van der Waals surface area contributed by atoms with Crippen molar-refractivity contribution in [1.82, 2.24) is 21.3 Å². The summed E-state index contributed by atoms with van der Waals surface area (Å²) in [6, 6.07) is -4.94. The maximum atomic E-state index is 13.6. The summed E-state index contributed by atoms with van der Waals surface area (Å²) in [5.74, 6) is -4.87. The third-order valence-corrected chi connectivity index (χ3v) is 9.12. The zero-order valence-corrected chi connectivity index (χ0v) is 29.7. The molecule has 9 N–H and O–H groups in total. The number of carbonyl (C=O) groups excluding carboxylic acids is 5. The zero-order chi connectivity index (χ0) is 36.6. The van der Waals surface area contributed by atoms with Gasteiger partial charge in [0.15, 0.2) is 6.29 Å². The highest BCUT2D eigenvalue weighted by Crippen LogP contribution is 2.27. The Balaban J connectivity index is 2.88. The predicted octanol–water partition coefficient (Wildman–Crippen LogP) is 2.67. The van der Waals surface area contributed by atoms with Crippen LogP contribution in [0, 0.1) is 5.92 Å². The number of aliphatic carboxylic acids is 1. The molecule has 0 heterocycles. The lowest BCUT2D eigenvalue weighted by Crippen LogP contribution is -2.58. The van der Waals surface area contributed by atoms with Crippen LogP contribution in [0.4, 0.5) is 0 Å². The Morgan fingerprint density at radius 2 is 1.18 bits per heavy atom. The van der Waals surface area contributed by atoms with Crippen molar-refractivity contribution in [3.63, 3.8) is 0 Å². The molecule has 1 rings (SSSR count). The molecule has 0 aromatic rings. The topological polar surface area (TPSA) is 237 Å². The second-order valence-corrected chi connectivity index (χ2v) is 13.6. The second kappa shape index (κ2) is 25.7. The molecule has 4 atom stereocenters. The number of unbranched alkanes of at least 4 members (excludes halogenated alkanes) is 10. The molecule has 0 aromatic carbocycles. The van der Waals surface area contributed by atoms with Crippen LogP contribution in [0.15, 0.2) is 0 Å². The summed E-state index contributed by atoms with van der Waals surface area (Å²) in [5, 5.41) is 39.5. The van der Waals surface area contributed by atoms with Crippen LogP contribution in [0.5, 0.6) is 0 Å². The minimum Gasteiger partial charge on any atom is -0.481 e. The van der Waals surface area contributed by atoms with E-state index in [2.05, 4.69) is 28.2 Å². The van der Waals surface area contributed by atoms with Gasteiger partial charge in [-0.25, -0.2) is 0 Å². The van der Waals surface area contributed by atoms with Gasteiger partial charge >= 0.3 is 5.97 Å². The average Bonchev–Trinajstić information content (AvgIpc) is 3.04. The van der Waals surface area contributed by atoms with E-state index in [1.165, 1.54) is 45.4 Å². The summed E-state index contributed by atoms with van der Waals surface area (Å²) >= 11 is 0. The Kier molecular flexibility index (Phi) is 22.9. The lowest BCUT2D eigenvalue weighted by Gasteiger charge is -2.29. The van der Waals surface area contributed by atoms with Crippen molar-refractivity contribution in [1.29, 1.82) is 0 Å². The maximum absolute atomic E-state index is 13.6. The highest BCUT2D eigenvalue weighted by Gasteiger charge is 2.33. The fraction of sp³-hybridized carbons (Fsp3) is 0.829. The van der Waals surface area contributed by atoms with E-state index in [0.29, 0.717) is 6.42 Å². The third kappa shape index (κ3) is 20.8. The monoisotopic (exact) mass is 697 g/mol. The molecule has 1 aliphatic carbocycles. The number of aliphatic hydroxyl groups is 2. The van der Waals surface area contributed by atoms with Crippen molar-refractivity contribution >= 4 is 35.5 Å². The first-order valence-corrected chi connectivity index (χ1v) is 18.4. The Labute approximate surface area is 291 Å². The van der Waals surface area contributed by atoms with E-state index in [4.69, 9.17) is 5.73 Å². The Bertz CT molecular complexity index is 1020. The van der Waals surface area contributed by atoms with Crippen LogP contribution >= 0.6 is 0 Å². The van der Waals surface area contributed by atoms with Gasteiger partial charge in [-0.05, 0) is 25.2 Å². The molecule has 0 saturated heterocycles. The number of primary amides is 1. The van der Waals surface area contributed by atoms with E-state index in [-0.39, 0.29) is 31.6 Å². The molecule has 2 unspecified atom stereocenters. The highest BCUT2D eigenvalue weighted by atomic mass is 16.5. The van der Waals surface area contributed by atoms with Gasteiger partial charge in [0.05, 0.1) is 12.5 Å². The molecule has 1 fully saturated rings. The standard InChI is InChI=1S/C35H63N5O9/c1-3-4-5-6-7-8-9-10-11-12-16-19-27(35(48)49)38-34(47)29(23-31(43)44)40-33(46)28(22-25-17-14-13-15-18-25)39-32(45)26(37-24(2)41)20-21-30(36)42/h25-29,35,48-49H,3-23H2,1-2H3,(H2,36,42)(H,37,41)(H,38,47)(H,39,45)(H,40,46)(H,43,44)/t26-,27?,28?,29-/m0/s1. The Morgan fingerprint density at radius 3 is 1.69 bits per heavy atom. The third-order valence-electron chi connectivity index (χ3n) is 9.12. The largest absolute Gasteiger partial charge is 0.481 e. The van der Waals surface area contributed by atoms with E-state index >= 15 is 0 Å². The summed E-state index contributed by atoms with van der Waals surface area (Å²) in [4.78, 5) is 74.9. The normalized spacial score (nSPS) is 15.9. The number of amides is 5. The Morgan fingerprint density at radius 1 is 0.673 bits per heavy atom. The molecule has 1 aliphatic rings. The first-order valence-electron chi connectivity index (χ1n) is 18.4. The van der Waals surface area contributed by atoms with Gasteiger partial charge in [0.2, 0.25) is 29.5 Å². The number of hydrogen-bond donors (Lipinski definition) is 8. The molecule has 0 radical (unpaired) electrons. The number of carboxylic acids is 1. The molecular weight excluding hydrogens is 634 g/mol. The number of hydrogen-bond acceptors (Lipinski definition) is 8. The number of carboxylic acid groups (broad SMARTS) is 1. The molecule has 5 amide bonds. The van der Waals surface area contributed by atoms with E-state index in [1.54, 1.807) is 0 Å². The van der Waals surface area contributed by atoms with Crippen LogP contribution in [0.3, 0.4) is 0 Å². The van der Waals surface area contributed by atoms with Gasteiger partial charge in [0.25, 0.3) is 0 Å². The predicted molar refractivity (Wildman–Crippen MR) is 185 cm³/mol. The van der Waals surface area contributed by atoms with Crippen molar-refractivity contribution in [2.45, 2.75) is 179 Å². The molecule has 49 heavy (non-hydrogen) atoms. The van der Waals surface area contributed by atoms with Crippen LogP contribution in [0.25, 0.3) is 0 Å².